The highest BCUT2D eigenvalue weighted by Gasteiger charge is 2.38. The number of halogens is 3. The summed E-state index contributed by atoms with van der Waals surface area (Å²) < 4.78 is 52.0. The van der Waals surface area contributed by atoms with E-state index in [1.54, 1.807) is 0 Å². The molecule has 1 aromatic carbocycles. The number of alkyl halides is 3. The molecular formula is C11H11F3O4. The second-order valence-corrected chi connectivity index (χ2v) is 3.78. The van der Waals surface area contributed by atoms with Crippen LogP contribution >= 0.6 is 0 Å². The van der Waals surface area contributed by atoms with Crippen molar-refractivity contribution in [2.45, 2.75) is 18.7 Å². The van der Waals surface area contributed by atoms with Crippen LogP contribution in [0.3, 0.4) is 0 Å². The average molecular weight is 264 g/mol. The lowest BCUT2D eigenvalue weighted by Crippen LogP contribution is -2.30. The number of methoxy groups -OCH3 is 1. The predicted molar refractivity (Wildman–Crippen MR) is 54.9 cm³/mol. The fourth-order valence-electron chi connectivity index (χ4n) is 1.64. The van der Waals surface area contributed by atoms with Crippen LogP contribution in [0, 0.1) is 0 Å². The van der Waals surface area contributed by atoms with E-state index in [-0.39, 0.29) is 18.1 Å². The van der Waals surface area contributed by atoms with E-state index in [1.165, 1.54) is 19.2 Å². The molecule has 0 bridgehead atoms. The summed E-state index contributed by atoms with van der Waals surface area (Å²) in [6.07, 6.45) is -7.70. The highest BCUT2D eigenvalue weighted by molar-refractivity contribution is 5.52. The van der Waals surface area contributed by atoms with Gasteiger partial charge in [0.05, 0.1) is 7.11 Å². The van der Waals surface area contributed by atoms with E-state index < -0.39 is 18.7 Å². The molecule has 0 saturated carbocycles. The summed E-state index contributed by atoms with van der Waals surface area (Å²) in [4.78, 5) is 0. The minimum absolute atomic E-state index is 0.0176. The molecule has 0 aliphatic carbocycles. The molecule has 1 N–H and O–H groups in total. The summed E-state index contributed by atoms with van der Waals surface area (Å²) in [6.45, 7) is 0.0176. The summed E-state index contributed by atoms with van der Waals surface area (Å²) in [5, 5.41) is 9.06. The lowest BCUT2D eigenvalue weighted by molar-refractivity contribution is -0.203. The Kier molecular flexibility index (Phi) is 3.25. The van der Waals surface area contributed by atoms with Gasteiger partial charge in [0.2, 0.25) is 6.79 Å². The van der Waals surface area contributed by atoms with Crippen LogP contribution in [0.2, 0.25) is 0 Å². The number of benzene rings is 1. The van der Waals surface area contributed by atoms with Crippen molar-refractivity contribution in [2.75, 3.05) is 13.9 Å². The molecule has 100 valence electrons. The highest BCUT2D eigenvalue weighted by atomic mass is 19.4. The van der Waals surface area contributed by atoms with Gasteiger partial charge in [0, 0.05) is 18.1 Å². The number of aliphatic hydroxyl groups is 1. The summed E-state index contributed by atoms with van der Waals surface area (Å²) in [5.41, 5.74) is 0.214. The van der Waals surface area contributed by atoms with Gasteiger partial charge >= 0.3 is 6.18 Å². The lowest BCUT2D eigenvalue weighted by Gasteiger charge is -2.16. The SMILES string of the molecule is COc1cc2c(cc1CC(O)C(F)(F)F)OCO2. The smallest absolute Gasteiger partial charge is 0.414 e. The van der Waals surface area contributed by atoms with Crippen LogP contribution in [0.4, 0.5) is 13.2 Å². The third-order valence-electron chi connectivity index (χ3n) is 2.57. The Bertz CT molecular complexity index is 445. The van der Waals surface area contributed by atoms with Crippen molar-refractivity contribution in [3.8, 4) is 17.2 Å². The summed E-state index contributed by atoms with van der Waals surface area (Å²) in [6, 6.07) is 2.83. The third-order valence-corrected chi connectivity index (χ3v) is 2.57. The Morgan fingerprint density at radius 2 is 1.94 bits per heavy atom. The first-order valence-corrected chi connectivity index (χ1v) is 5.13. The number of ether oxygens (including phenoxy) is 3. The molecule has 0 spiro atoms. The quantitative estimate of drug-likeness (QED) is 0.905. The van der Waals surface area contributed by atoms with Crippen molar-refractivity contribution in [3.63, 3.8) is 0 Å². The normalized spacial score (nSPS) is 15.6. The van der Waals surface area contributed by atoms with E-state index in [1.807, 2.05) is 0 Å². The monoisotopic (exact) mass is 264 g/mol. The maximum atomic E-state index is 12.3. The van der Waals surface area contributed by atoms with Crippen molar-refractivity contribution in [1.82, 2.24) is 0 Å². The predicted octanol–water partition coefficient (Wildman–Crippen LogP) is 1.89. The van der Waals surface area contributed by atoms with E-state index in [2.05, 4.69) is 0 Å². The van der Waals surface area contributed by atoms with E-state index in [0.29, 0.717) is 11.5 Å². The zero-order valence-corrected chi connectivity index (χ0v) is 9.45. The molecule has 1 atom stereocenters. The van der Waals surface area contributed by atoms with Gasteiger partial charge in [0.15, 0.2) is 17.6 Å². The van der Waals surface area contributed by atoms with Crippen molar-refractivity contribution < 1.29 is 32.5 Å². The van der Waals surface area contributed by atoms with Crippen LogP contribution in [0.15, 0.2) is 12.1 Å². The highest BCUT2D eigenvalue weighted by Crippen LogP contribution is 2.39. The minimum Gasteiger partial charge on any atom is -0.496 e. The van der Waals surface area contributed by atoms with Crippen molar-refractivity contribution in [3.05, 3.63) is 17.7 Å². The molecule has 1 unspecified atom stereocenters. The molecule has 7 heteroatoms. The molecule has 1 aliphatic heterocycles. The molecule has 0 radical (unpaired) electrons. The van der Waals surface area contributed by atoms with Gasteiger partial charge < -0.3 is 19.3 Å². The first-order chi connectivity index (χ1) is 8.41. The Morgan fingerprint density at radius 1 is 1.33 bits per heavy atom. The molecule has 0 amide bonds. The van der Waals surface area contributed by atoms with E-state index >= 15 is 0 Å². The van der Waals surface area contributed by atoms with Crippen LogP contribution in [0.1, 0.15) is 5.56 Å². The minimum atomic E-state index is -4.67. The van der Waals surface area contributed by atoms with Crippen LogP contribution in [-0.2, 0) is 6.42 Å². The zero-order chi connectivity index (χ0) is 13.3. The van der Waals surface area contributed by atoms with Crippen molar-refractivity contribution in [2.24, 2.45) is 0 Å². The van der Waals surface area contributed by atoms with Crippen molar-refractivity contribution >= 4 is 0 Å². The van der Waals surface area contributed by atoms with Crippen LogP contribution in [0.25, 0.3) is 0 Å². The third kappa shape index (κ3) is 2.45. The van der Waals surface area contributed by atoms with Gasteiger partial charge in [-0.05, 0) is 6.07 Å². The molecule has 1 aliphatic rings. The van der Waals surface area contributed by atoms with Gasteiger partial charge in [-0.1, -0.05) is 0 Å². The Balaban J connectivity index is 2.27. The van der Waals surface area contributed by atoms with Crippen LogP contribution in [-0.4, -0.2) is 31.3 Å². The number of fused-ring (bicyclic) bond motifs is 1. The molecular weight excluding hydrogens is 253 g/mol. The van der Waals surface area contributed by atoms with Gasteiger partial charge in [0.25, 0.3) is 0 Å². The fourth-order valence-corrected chi connectivity index (χ4v) is 1.64. The topological polar surface area (TPSA) is 47.9 Å². The first kappa shape index (κ1) is 12.8. The van der Waals surface area contributed by atoms with Gasteiger partial charge in [-0.15, -0.1) is 0 Å². The first-order valence-electron chi connectivity index (χ1n) is 5.13. The standard InChI is InChI=1S/C11H11F3O4/c1-16-7-4-9-8(17-5-18-9)2-6(7)3-10(15)11(12,13)14/h2,4,10,15H,3,5H2,1H3. The lowest BCUT2D eigenvalue weighted by atomic mass is 10.1. The Labute approximate surface area is 101 Å². The fraction of sp³-hybridized carbons (Fsp3) is 0.455. The number of hydrogen-bond acceptors (Lipinski definition) is 4. The summed E-state index contributed by atoms with van der Waals surface area (Å²) in [5.74, 6) is 0.986. The Morgan fingerprint density at radius 3 is 2.50 bits per heavy atom. The van der Waals surface area contributed by atoms with Gasteiger partial charge in [-0.3, -0.25) is 0 Å². The molecule has 4 nitrogen and oxygen atoms in total. The molecule has 18 heavy (non-hydrogen) atoms. The molecule has 0 fully saturated rings. The summed E-state index contributed by atoms with van der Waals surface area (Å²) in [7, 11) is 1.33. The number of rotatable bonds is 3. The van der Waals surface area contributed by atoms with Crippen LogP contribution in [0.5, 0.6) is 17.2 Å². The average Bonchev–Trinajstić information content (AvgIpc) is 2.73. The maximum Gasteiger partial charge on any atom is 0.414 e. The number of aliphatic hydroxyl groups excluding tert-OH is 1. The molecule has 1 aromatic rings. The van der Waals surface area contributed by atoms with E-state index in [0.717, 1.165) is 0 Å². The molecule has 1 heterocycles. The Hall–Kier alpha value is -1.63. The van der Waals surface area contributed by atoms with E-state index in [4.69, 9.17) is 19.3 Å². The molecule has 2 rings (SSSR count). The molecule has 0 aromatic heterocycles. The van der Waals surface area contributed by atoms with Gasteiger partial charge in [0.1, 0.15) is 5.75 Å². The zero-order valence-electron chi connectivity index (χ0n) is 9.45. The largest absolute Gasteiger partial charge is 0.496 e. The number of hydrogen-bond donors (Lipinski definition) is 1. The second kappa shape index (κ2) is 4.56. The summed E-state index contributed by atoms with van der Waals surface area (Å²) >= 11 is 0. The second-order valence-electron chi connectivity index (χ2n) is 3.78. The molecule has 0 saturated heterocycles. The van der Waals surface area contributed by atoms with Gasteiger partial charge in [-0.2, -0.15) is 13.2 Å². The van der Waals surface area contributed by atoms with Crippen LogP contribution < -0.4 is 14.2 Å². The maximum absolute atomic E-state index is 12.3. The van der Waals surface area contributed by atoms with Gasteiger partial charge in [-0.25, -0.2) is 0 Å². The van der Waals surface area contributed by atoms with Crippen molar-refractivity contribution in [1.29, 1.82) is 0 Å². The van der Waals surface area contributed by atoms with E-state index in [9.17, 15) is 13.2 Å².